The second kappa shape index (κ2) is 8.21. The van der Waals surface area contributed by atoms with Gasteiger partial charge in [-0.2, -0.15) is 0 Å². The fourth-order valence-corrected chi connectivity index (χ4v) is 3.69. The first-order valence-corrected chi connectivity index (χ1v) is 9.42. The van der Waals surface area contributed by atoms with Gasteiger partial charge in [0.1, 0.15) is 11.9 Å². The molecule has 3 rings (SSSR count). The van der Waals surface area contributed by atoms with Gasteiger partial charge in [-0.3, -0.25) is 14.4 Å². The zero-order chi connectivity index (χ0) is 21.3. The van der Waals surface area contributed by atoms with Gasteiger partial charge in [0.15, 0.2) is 0 Å². The number of fused-ring (bicyclic) bond motifs is 1. The van der Waals surface area contributed by atoms with Crippen LogP contribution in [-0.4, -0.2) is 47.7 Å². The second-order valence-electron chi connectivity index (χ2n) is 7.15. The molecule has 0 fully saturated rings. The third-order valence-electron chi connectivity index (χ3n) is 4.82. The molecule has 0 saturated heterocycles. The number of benzene rings is 2. The van der Waals surface area contributed by atoms with Gasteiger partial charge in [0, 0.05) is 39.7 Å². The van der Waals surface area contributed by atoms with E-state index in [2.05, 4.69) is 5.32 Å². The predicted molar refractivity (Wildman–Crippen MR) is 108 cm³/mol. The van der Waals surface area contributed by atoms with Crippen LogP contribution in [0.4, 0.5) is 10.1 Å². The summed E-state index contributed by atoms with van der Waals surface area (Å²) in [6.07, 6.45) is 0.282. The molecular weight excluding hydrogens is 397 g/mol. The van der Waals surface area contributed by atoms with E-state index in [1.807, 2.05) is 6.07 Å². The van der Waals surface area contributed by atoms with Crippen LogP contribution in [0.1, 0.15) is 28.4 Å². The van der Waals surface area contributed by atoms with E-state index < -0.39 is 17.8 Å². The van der Waals surface area contributed by atoms with Crippen LogP contribution in [0.3, 0.4) is 0 Å². The number of hydrogen-bond donors (Lipinski definition) is 1. The maximum atomic E-state index is 14.4. The Morgan fingerprint density at radius 2 is 1.90 bits per heavy atom. The molecule has 1 atom stereocenters. The lowest BCUT2D eigenvalue weighted by atomic mass is 9.92. The van der Waals surface area contributed by atoms with Gasteiger partial charge in [0.2, 0.25) is 11.8 Å². The van der Waals surface area contributed by atoms with Crippen LogP contribution < -0.4 is 5.32 Å². The SMILES string of the molecule is CC(=O)Nc1ccc2c(c1)CN(C(=O)c1c(F)cccc1Cl)[C@@H](C(=O)N(C)C)C2. The van der Waals surface area contributed by atoms with E-state index >= 15 is 0 Å². The molecule has 152 valence electrons. The van der Waals surface area contributed by atoms with Crippen molar-refractivity contribution in [3.8, 4) is 0 Å². The van der Waals surface area contributed by atoms with Crippen LogP contribution in [0.5, 0.6) is 0 Å². The van der Waals surface area contributed by atoms with E-state index in [-0.39, 0.29) is 35.4 Å². The normalized spacial score (nSPS) is 15.5. The van der Waals surface area contributed by atoms with E-state index in [9.17, 15) is 18.8 Å². The molecule has 2 aromatic rings. The number of amides is 3. The molecule has 0 bridgehead atoms. The third-order valence-corrected chi connectivity index (χ3v) is 5.14. The minimum absolute atomic E-state index is 0.0103. The number of hydrogen-bond acceptors (Lipinski definition) is 3. The summed E-state index contributed by atoms with van der Waals surface area (Å²) in [5.74, 6) is -1.87. The molecule has 6 nitrogen and oxygen atoms in total. The maximum absolute atomic E-state index is 14.4. The summed E-state index contributed by atoms with van der Waals surface area (Å²) in [6, 6.07) is 8.57. The lowest BCUT2D eigenvalue weighted by molar-refractivity contribution is -0.134. The number of nitrogens with one attached hydrogen (secondary N) is 1. The van der Waals surface area contributed by atoms with E-state index in [1.165, 1.54) is 28.9 Å². The molecule has 3 amide bonds. The van der Waals surface area contributed by atoms with Crippen LogP contribution in [0.2, 0.25) is 5.02 Å². The van der Waals surface area contributed by atoms with Gasteiger partial charge in [-0.15, -0.1) is 0 Å². The van der Waals surface area contributed by atoms with Gasteiger partial charge in [0.05, 0.1) is 10.6 Å². The number of likely N-dealkylation sites (N-methyl/N-ethyl adjacent to an activating group) is 1. The third kappa shape index (κ3) is 4.24. The first-order valence-electron chi connectivity index (χ1n) is 9.04. The average molecular weight is 418 g/mol. The fraction of sp³-hybridized carbons (Fsp3) is 0.286. The van der Waals surface area contributed by atoms with Crippen molar-refractivity contribution in [1.29, 1.82) is 0 Å². The fourth-order valence-electron chi connectivity index (χ4n) is 3.44. The van der Waals surface area contributed by atoms with Crippen LogP contribution in [0.25, 0.3) is 0 Å². The van der Waals surface area contributed by atoms with Crippen LogP contribution in [-0.2, 0) is 22.6 Å². The topological polar surface area (TPSA) is 69.7 Å². The number of anilines is 1. The molecule has 0 spiro atoms. The minimum atomic E-state index is -0.785. The molecule has 0 aromatic heterocycles. The molecule has 0 aliphatic carbocycles. The Balaban J connectivity index is 2.04. The quantitative estimate of drug-likeness (QED) is 0.834. The monoisotopic (exact) mass is 417 g/mol. The number of rotatable bonds is 3. The zero-order valence-corrected chi connectivity index (χ0v) is 17.1. The number of halogens is 2. The largest absolute Gasteiger partial charge is 0.347 e. The molecule has 0 unspecified atom stereocenters. The van der Waals surface area contributed by atoms with Crippen molar-refractivity contribution in [2.45, 2.75) is 25.9 Å². The molecule has 0 saturated carbocycles. The van der Waals surface area contributed by atoms with Crippen molar-refractivity contribution >= 4 is 35.0 Å². The summed E-state index contributed by atoms with van der Waals surface area (Å²) < 4.78 is 14.4. The molecule has 1 aliphatic heterocycles. The molecule has 1 heterocycles. The van der Waals surface area contributed by atoms with Crippen LogP contribution >= 0.6 is 11.6 Å². The lowest BCUT2D eigenvalue weighted by Gasteiger charge is -2.37. The Morgan fingerprint density at radius 1 is 1.17 bits per heavy atom. The molecule has 2 aromatic carbocycles. The molecule has 29 heavy (non-hydrogen) atoms. The summed E-state index contributed by atoms with van der Waals surface area (Å²) in [6.45, 7) is 1.50. The highest BCUT2D eigenvalue weighted by Crippen LogP contribution is 2.30. The van der Waals surface area contributed by atoms with Crippen LogP contribution in [0, 0.1) is 5.82 Å². The summed E-state index contributed by atoms with van der Waals surface area (Å²) in [4.78, 5) is 40.1. The van der Waals surface area contributed by atoms with Gasteiger partial charge in [-0.1, -0.05) is 23.7 Å². The van der Waals surface area contributed by atoms with Gasteiger partial charge >= 0.3 is 0 Å². The van der Waals surface area contributed by atoms with Crippen molar-refractivity contribution in [1.82, 2.24) is 9.80 Å². The molecule has 1 N–H and O–H groups in total. The molecular formula is C21H21ClFN3O3. The smallest absolute Gasteiger partial charge is 0.259 e. The summed E-state index contributed by atoms with van der Waals surface area (Å²) >= 11 is 6.09. The molecule has 8 heteroatoms. The summed E-state index contributed by atoms with van der Waals surface area (Å²) in [5, 5.41) is 2.69. The van der Waals surface area contributed by atoms with Crippen molar-refractivity contribution in [3.63, 3.8) is 0 Å². The van der Waals surface area contributed by atoms with Gasteiger partial charge in [-0.25, -0.2) is 4.39 Å². The van der Waals surface area contributed by atoms with Crippen molar-refractivity contribution in [2.24, 2.45) is 0 Å². The summed E-state index contributed by atoms with van der Waals surface area (Å²) in [5.41, 5.74) is 2.00. The number of carbonyl (C=O) groups excluding carboxylic acids is 3. The van der Waals surface area contributed by atoms with Crippen molar-refractivity contribution < 1.29 is 18.8 Å². The highest BCUT2D eigenvalue weighted by atomic mass is 35.5. The first kappa shape index (κ1) is 20.8. The van der Waals surface area contributed by atoms with Gasteiger partial charge in [-0.05, 0) is 35.4 Å². The van der Waals surface area contributed by atoms with Crippen molar-refractivity contribution in [3.05, 3.63) is 63.9 Å². The average Bonchev–Trinajstić information content (AvgIpc) is 2.65. The molecule has 1 aliphatic rings. The highest BCUT2D eigenvalue weighted by molar-refractivity contribution is 6.33. The summed E-state index contributed by atoms with van der Waals surface area (Å²) in [7, 11) is 3.22. The minimum Gasteiger partial charge on any atom is -0.347 e. The maximum Gasteiger partial charge on any atom is 0.259 e. The predicted octanol–water partition coefficient (Wildman–Crippen LogP) is 3.09. The van der Waals surface area contributed by atoms with E-state index in [0.717, 1.165) is 17.2 Å². The second-order valence-corrected chi connectivity index (χ2v) is 7.55. The Bertz CT molecular complexity index is 973. The number of nitrogens with zero attached hydrogens (tertiary/aromatic N) is 2. The highest BCUT2D eigenvalue weighted by Gasteiger charge is 2.37. The Hall–Kier alpha value is -2.93. The number of carbonyl (C=O) groups is 3. The first-order chi connectivity index (χ1) is 13.7. The molecule has 0 radical (unpaired) electrons. The lowest BCUT2D eigenvalue weighted by Crippen LogP contribution is -2.52. The van der Waals surface area contributed by atoms with Crippen LogP contribution in [0.15, 0.2) is 36.4 Å². The Kier molecular flexibility index (Phi) is 5.88. The van der Waals surface area contributed by atoms with Crippen molar-refractivity contribution in [2.75, 3.05) is 19.4 Å². The Labute approximate surface area is 173 Å². The van der Waals surface area contributed by atoms with E-state index in [1.54, 1.807) is 26.2 Å². The van der Waals surface area contributed by atoms with Gasteiger partial charge in [0.25, 0.3) is 5.91 Å². The van der Waals surface area contributed by atoms with E-state index in [0.29, 0.717) is 5.69 Å². The van der Waals surface area contributed by atoms with E-state index in [4.69, 9.17) is 11.6 Å². The van der Waals surface area contributed by atoms with Gasteiger partial charge < -0.3 is 15.1 Å². The Morgan fingerprint density at radius 3 is 2.52 bits per heavy atom. The zero-order valence-electron chi connectivity index (χ0n) is 16.3. The standard InChI is InChI=1S/C21H21ClFN3O3/c1-12(27)24-15-8-7-13-10-18(20(28)25(2)3)26(11-14(13)9-15)21(29)19-16(22)5-4-6-17(19)23/h4-9,18H,10-11H2,1-3H3,(H,24,27)/t18-/m1/s1.